The second-order valence-corrected chi connectivity index (χ2v) is 8.99. The van der Waals surface area contributed by atoms with Crippen LogP contribution in [0.1, 0.15) is 22.8 Å². The Hall–Kier alpha value is -2.41. The highest BCUT2D eigenvalue weighted by molar-refractivity contribution is 7.86. The molecule has 0 fully saturated rings. The molecule has 0 radical (unpaired) electrons. The zero-order valence-corrected chi connectivity index (χ0v) is 17.4. The summed E-state index contributed by atoms with van der Waals surface area (Å²) in [5.41, 5.74) is 3.34. The summed E-state index contributed by atoms with van der Waals surface area (Å²) in [5, 5.41) is 0.523. The van der Waals surface area contributed by atoms with Crippen LogP contribution < -0.4 is 4.74 Å². The van der Waals surface area contributed by atoms with Crippen molar-refractivity contribution in [1.82, 2.24) is 0 Å². The van der Waals surface area contributed by atoms with E-state index in [1.54, 1.807) is 18.2 Å². The van der Waals surface area contributed by atoms with Crippen LogP contribution in [0, 0.1) is 12.7 Å². The molecule has 0 bridgehead atoms. The van der Waals surface area contributed by atoms with Crippen molar-refractivity contribution < 1.29 is 21.7 Å². The minimum Gasteiger partial charge on any atom is -0.482 e. The fourth-order valence-electron chi connectivity index (χ4n) is 3.58. The molecule has 0 amide bonds. The van der Waals surface area contributed by atoms with Crippen LogP contribution in [0.4, 0.5) is 4.39 Å². The summed E-state index contributed by atoms with van der Waals surface area (Å²) in [6, 6.07) is 15.3. The van der Waals surface area contributed by atoms with Crippen molar-refractivity contribution in [2.24, 2.45) is 0 Å². The molecular weight excluding hydrogens is 415 g/mol. The highest BCUT2D eigenvalue weighted by atomic mass is 35.5. The van der Waals surface area contributed by atoms with E-state index >= 15 is 0 Å². The van der Waals surface area contributed by atoms with Gasteiger partial charge in [0.15, 0.2) is 11.6 Å². The third kappa shape index (κ3) is 3.64. The summed E-state index contributed by atoms with van der Waals surface area (Å²) in [6.45, 7) is 1.85. The van der Waals surface area contributed by atoms with Gasteiger partial charge in [0.1, 0.15) is 11.0 Å². The van der Waals surface area contributed by atoms with Gasteiger partial charge in [-0.15, -0.1) is 0 Å². The molecule has 4 nitrogen and oxygen atoms in total. The number of ether oxygens (including phenoxy) is 1. The van der Waals surface area contributed by atoms with Crippen molar-refractivity contribution in [3.8, 4) is 16.9 Å². The Balaban J connectivity index is 1.77. The molecule has 7 heteroatoms. The fourth-order valence-corrected chi connectivity index (χ4v) is 4.72. The van der Waals surface area contributed by atoms with E-state index in [9.17, 15) is 12.8 Å². The lowest BCUT2D eigenvalue weighted by molar-refractivity contribution is 0.225. The number of hydrogen-bond donors (Lipinski definition) is 0. The van der Waals surface area contributed by atoms with Crippen molar-refractivity contribution in [1.29, 1.82) is 0 Å². The Morgan fingerprint density at radius 1 is 1.14 bits per heavy atom. The maximum absolute atomic E-state index is 14.8. The number of rotatable bonds is 4. The van der Waals surface area contributed by atoms with Crippen molar-refractivity contribution in [2.45, 2.75) is 24.3 Å². The number of hydrogen-bond acceptors (Lipinski definition) is 4. The summed E-state index contributed by atoms with van der Waals surface area (Å²) < 4.78 is 50.0. The summed E-state index contributed by atoms with van der Waals surface area (Å²) >= 11 is 6.26. The van der Waals surface area contributed by atoms with Crippen LogP contribution in [0.3, 0.4) is 0 Å². The molecule has 1 aliphatic rings. The Morgan fingerprint density at radius 2 is 1.90 bits per heavy atom. The highest BCUT2D eigenvalue weighted by Gasteiger charge is 2.32. The monoisotopic (exact) mass is 432 g/mol. The van der Waals surface area contributed by atoms with Crippen molar-refractivity contribution in [2.75, 3.05) is 7.11 Å². The van der Waals surface area contributed by atoms with Gasteiger partial charge >= 0.3 is 0 Å². The minimum atomic E-state index is -3.93. The second-order valence-electron chi connectivity index (χ2n) is 6.90. The van der Waals surface area contributed by atoms with Gasteiger partial charge in [-0.05, 0) is 36.8 Å². The Bertz CT molecular complexity index is 1210. The molecule has 0 spiro atoms. The van der Waals surface area contributed by atoms with Crippen molar-refractivity contribution in [3.63, 3.8) is 0 Å². The predicted octanol–water partition coefficient (Wildman–Crippen LogP) is 5.47. The molecule has 4 rings (SSSR count). The van der Waals surface area contributed by atoms with Crippen molar-refractivity contribution >= 4 is 21.7 Å². The standard InChI is InChI=1S/C22H18ClFO4S/c1-13-7-8-21(29(25,26)27-2)17(9-13)20-12-15-10-14(11-19(24)22(15)28-20)16-5-3-4-6-18(16)23/h3-11,20H,12H2,1-2H3. The summed E-state index contributed by atoms with van der Waals surface area (Å²) in [7, 11) is -2.82. The van der Waals surface area contributed by atoms with Crippen LogP contribution in [-0.4, -0.2) is 15.5 Å². The van der Waals surface area contributed by atoms with E-state index in [1.165, 1.54) is 12.1 Å². The van der Waals surface area contributed by atoms with E-state index in [0.717, 1.165) is 18.2 Å². The molecule has 0 aliphatic carbocycles. The second kappa shape index (κ2) is 7.44. The van der Waals surface area contributed by atoms with Gasteiger partial charge in [-0.1, -0.05) is 47.5 Å². The molecule has 150 valence electrons. The van der Waals surface area contributed by atoms with Gasteiger partial charge in [-0.2, -0.15) is 8.42 Å². The Labute approximate surface area is 174 Å². The predicted molar refractivity (Wildman–Crippen MR) is 109 cm³/mol. The first-order valence-corrected chi connectivity index (χ1v) is 10.7. The molecule has 0 aromatic heterocycles. The number of aryl methyl sites for hydroxylation is 1. The molecule has 0 N–H and O–H groups in total. The zero-order chi connectivity index (χ0) is 20.8. The van der Waals surface area contributed by atoms with Gasteiger partial charge in [0.25, 0.3) is 10.1 Å². The topological polar surface area (TPSA) is 52.6 Å². The van der Waals surface area contributed by atoms with Gasteiger partial charge in [-0.25, -0.2) is 4.39 Å². The average molecular weight is 433 g/mol. The van der Waals surface area contributed by atoms with E-state index in [-0.39, 0.29) is 10.6 Å². The largest absolute Gasteiger partial charge is 0.482 e. The number of fused-ring (bicyclic) bond motifs is 1. The lowest BCUT2D eigenvalue weighted by Gasteiger charge is -2.16. The first-order chi connectivity index (χ1) is 13.8. The summed E-state index contributed by atoms with van der Waals surface area (Å²) in [5.74, 6) is -0.378. The maximum atomic E-state index is 14.8. The van der Waals surface area contributed by atoms with E-state index in [0.29, 0.717) is 28.1 Å². The molecular formula is C22H18ClFO4S. The third-order valence-electron chi connectivity index (χ3n) is 4.97. The molecule has 3 aromatic carbocycles. The maximum Gasteiger partial charge on any atom is 0.297 e. The Morgan fingerprint density at radius 3 is 2.62 bits per heavy atom. The first kappa shape index (κ1) is 19.9. The molecule has 3 aromatic rings. The zero-order valence-electron chi connectivity index (χ0n) is 15.8. The van der Waals surface area contributed by atoms with Gasteiger partial charge in [0.05, 0.1) is 7.11 Å². The van der Waals surface area contributed by atoms with Crippen LogP contribution in [0.15, 0.2) is 59.5 Å². The average Bonchev–Trinajstić information content (AvgIpc) is 3.13. The normalized spacial score (nSPS) is 15.8. The molecule has 1 atom stereocenters. The van der Waals surface area contributed by atoms with Crippen molar-refractivity contribution in [3.05, 3.63) is 82.1 Å². The molecule has 1 unspecified atom stereocenters. The lowest BCUT2D eigenvalue weighted by Crippen LogP contribution is -2.12. The van der Waals surface area contributed by atoms with Gasteiger partial charge in [0, 0.05) is 28.1 Å². The molecule has 0 saturated heterocycles. The van der Waals surface area contributed by atoms with Crippen LogP contribution >= 0.6 is 11.6 Å². The van der Waals surface area contributed by atoms with E-state index < -0.39 is 22.0 Å². The van der Waals surface area contributed by atoms with Crippen LogP contribution in [0.5, 0.6) is 5.75 Å². The highest BCUT2D eigenvalue weighted by Crippen LogP contribution is 2.43. The third-order valence-corrected chi connectivity index (χ3v) is 6.65. The molecule has 1 aliphatic heterocycles. The van der Waals surface area contributed by atoms with E-state index in [1.807, 2.05) is 31.2 Å². The molecule has 29 heavy (non-hydrogen) atoms. The van der Waals surface area contributed by atoms with Gasteiger partial charge in [-0.3, -0.25) is 4.18 Å². The van der Waals surface area contributed by atoms with Crippen LogP contribution in [0.25, 0.3) is 11.1 Å². The smallest absolute Gasteiger partial charge is 0.297 e. The Kier molecular flexibility index (Phi) is 5.11. The van der Waals surface area contributed by atoms with E-state index in [4.69, 9.17) is 16.3 Å². The fraction of sp³-hybridized carbons (Fsp3) is 0.182. The number of benzene rings is 3. The SMILES string of the molecule is COS(=O)(=O)c1ccc(C)cc1C1Cc2cc(-c3ccccc3Cl)cc(F)c2O1. The summed E-state index contributed by atoms with van der Waals surface area (Å²) in [4.78, 5) is 0.0233. The molecule has 0 saturated carbocycles. The lowest BCUT2D eigenvalue weighted by atomic mass is 9.98. The van der Waals surface area contributed by atoms with Gasteiger partial charge < -0.3 is 4.74 Å². The van der Waals surface area contributed by atoms with E-state index in [2.05, 4.69) is 4.18 Å². The summed E-state index contributed by atoms with van der Waals surface area (Å²) in [6.07, 6.45) is -0.305. The first-order valence-electron chi connectivity index (χ1n) is 8.95. The number of halogens is 2. The van der Waals surface area contributed by atoms with Crippen LogP contribution in [-0.2, 0) is 20.7 Å². The van der Waals surface area contributed by atoms with Gasteiger partial charge in [0.2, 0.25) is 0 Å². The minimum absolute atomic E-state index is 0.0233. The van der Waals surface area contributed by atoms with Crippen LogP contribution in [0.2, 0.25) is 5.02 Å². The molecule has 1 heterocycles. The quantitative estimate of drug-likeness (QED) is 0.513.